The molecule has 32 heavy (non-hydrogen) atoms. The van der Waals surface area contributed by atoms with E-state index in [1.54, 1.807) is 6.07 Å². The second kappa shape index (κ2) is 9.49. The van der Waals surface area contributed by atoms with Crippen molar-refractivity contribution < 1.29 is 23.4 Å². The van der Waals surface area contributed by atoms with Crippen molar-refractivity contribution >= 4 is 22.6 Å². The summed E-state index contributed by atoms with van der Waals surface area (Å²) in [6, 6.07) is 15.8. The number of fused-ring (bicyclic) bond motifs is 1. The molecule has 0 radical (unpaired) electrons. The van der Waals surface area contributed by atoms with E-state index in [2.05, 4.69) is 15.3 Å². The number of rotatable bonds is 8. The summed E-state index contributed by atoms with van der Waals surface area (Å²) < 4.78 is 34.3. The molecular weight excluding hydrogens is 416 g/mol. The molecule has 162 valence electrons. The number of benzene rings is 3. The van der Waals surface area contributed by atoms with E-state index in [-0.39, 0.29) is 24.5 Å². The number of carbonyl (C=O) groups is 1. The molecular formula is C24H19F2N3O3. The summed E-state index contributed by atoms with van der Waals surface area (Å²) in [5.74, 6) is -2.65. The largest absolute Gasteiger partial charge is 0.489 e. The molecule has 0 spiro atoms. The maximum atomic E-state index is 14.5. The first-order valence-corrected chi connectivity index (χ1v) is 9.87. The highest BCUT2D eigenvalue weighted by Crippen LogP contribution is 2.25. The van der Waals surface area contributed by atoms with Crippen LogP contribution in [0.25, 0.3) is 11.0 Å². The van der Waals surface area contributed by atoms with Crippen LogP contribution in [0.1, 0.15) is 21.5 Å². The van der Waals surface area contributed by atoms with E-state index in [1.165, 1.54) is 24.4 Å². The van der Waals surface area contributed by atoms with E-state index in [9.17, 15) is 13.6 Å². The fourth-order valence-electron chi connectivity index (χ4n) is 3.13. The van der Waals surface area contributed by atoms with Gasteiger partial charge in [-0.3, -0.25) is 9.78 Å². The average molecular weight is 435 g/mol. The van der Waals surface area contributed by atoms with Gasteiger partial charge in [-0.25, -0.2) is 13.8 Å². The number of hydrogen-bond acceptors (Lipinski definition) is 6. The molecule has 0 aliphatic heterocycles. The summed E-state index contributed by atoms with van der Waals surface area (Å²) >= 11 is 0. The highest BCUT2D eigenvalue weighted by Gasteiger charge is 2.20. The second-order valence-corrected chi connectivity index (χ2v) is 6.98. The number of ketones is 1. The molecule has 0 bridgehead atoms. The van der Waals surface area contributed by atoms with Crippen LogP contribution in [0.4, 0.5) is 14.6 Å². The summed E-state index contributed by atoms with van der Waals surface area (Å²) in [6.07, 6.45) is 1.50. The molecule has 6 nitrogen and oxygen atoms in total. The van der Waals surface area contributed by atoms with E-state index < -0.39 is 23.0 Å². The highest BCUT2D eigenvalue weighted by molar-refractivity contribution is 6.10. The van der Waals surface area contributed by atoms with Crippen LogP contribution in [0.15, 0.2) is 66.9 Å². The normalized spacial score (nSPS) is 10.8. The molecule has 4 aromatic rings. The van der Waals surface area contributed by atoms with Gasteiger partial charge in [-0.05, 0) is 29.8 Å². The number of ether oxygens (including phenoxy) is 1. The number of anilines is 1. The van der Waals surface area contributed by atoms with Gasteiger partial charge in [-0.15, -0.1) is 0 Å². The predicted octanol–water partition coefficient (Wildman–Crippen LogP) is 4.12. The fourth-order valence-corrected chi connectivity index (χ4v) is 3.13. The third kappa shape index (κ3) is 4.70. The molecule has 0 saturated heterocycles. The van der Waals surface area contributed by atoms with Gasteiger partial charge in [0.1, 0.15) is 18.2 Å². The minimum atomic E-state index is -1.24. The summed E-state index contributed by atoms with van der Waals surface area (Å²) in [4.78, 5) is 21.6. The Hall–Kier alpha value is -3.91. The van der Waals surface area contributed by atoms with E-state index in [1.807, 2.05) is 30.3 Å². The lowest BCUT2D eigenvalue weighted by Gasteiger charge is -2.10. The Bertz CT molecular complexity index is 1270. The van der Waals surface area contributed by atoms with Crippen LogP contribution in [0, 0.1) is 11.6 Å². The lowest BCUT2D eigenvalue weighted by Crippen LogP contribution is -2.09. The zero-order valence-corrected chi connectivity index (χ0v) is 16.9. The van der Waals surface area contributed by atoms with Crippen LogP contribution in [-0.4, -0.2) is 34.0 Å². The zero-order chi connectivity index (χ0) is 22.5. The molecule has 0 saturated carbocycles. The molecule has 2 N–H and O–H groups in total. The maximum Gasteiger partial charge on any atom is 0.196 e. The third-order valence-electron chi connectivity index (χ3n) is 4.72. The Kier molecular flexibility index (Phi) is 6.32. The highest BCUT2D eigenvalue weighted by atomic mass is 19.2. The lowest BCUT2D eigenvalue weighted by molar-refractivity contribution is 0.103. The molecule has 0 fully saturated rings. The van der Waals surface area contributed by atoms with Gasteiger partial charge < -0.3 is 15.2 Å². The molecule has 0 aliphatic rings. The Morgan fingerprint density at radius 2 is 1.84 bits per heavy atom. The van der Waals surface area contributed by atoms with Gasteiger partial charge in [0.05, 0.1) is 29.4 Å². The smallest absolute Gasteiger partial charge is 0.196 e. The first-order chi connectivity index (χ1) is 15.5. The molecule has 1 aromatic heterocycles. The first-order valence-electron chi connectivity index (χ1n) is 9.87. The quantitative estimate of drug-likeness (QED) is 0.405. The Morgan fingerprint density at radius 3 is 2.62 bits per heavy atom. The summed E-state index contributed by atoms with van der Waals surface area (Å²) in [6.45, 7) is 0.361. The molecule has 4 rings (SSSR count). The lowest BCUT2D eigenvalue weighted by atomic mass is 10.0. The van der Waals surface area contributed by atoms with Crippen molar-refractivity contribution in [3.8, 4) is 5.75 Å². The van der Waals surface area contributed by atoms with Crippen molar-refractivity contribution in [2.75, 3.05) is 18.5 Å². The van der Waals surface area contributed by atoms with Gasteiger partial charge in [-0.2, -0.15) is 0 Å². The Labute approximate surface area is 182 Å². The average Bonchev–Trinajstić information content (AvgIpc) is 2.83. The predicted molar refractivity (Wildman–Crippen MR) is 116 cm³/mol. The van der Waals surface area contributed by atoms with Gasteiger partial charge in [0, 0.05) is 18.2 Å². The molecule has 0 unspecified atom stereocenters. The van der Waals surface area contributed by atoms with Crippen LogP contribution < -0.4 is 10.1 Å². The maximum absolute atomic E-state index is 14.5. The van der Waals surface area contributed by atoms with E-state index >= 15 is 0 Å². The van der Waals surface area contributed by atoms with E-state index in [0.29, 0.717) is 23.4 Å². The molecule has 0 amide bonds. The van der Waals surface area contributed by atoms with Gasteiger partial charge >= 0.3 is 0 Å². The van der Waals surface area contributed by atoms with Crippen molar-refractivity contribution in [3.05, 3.63) is 95.2 Å². The standard InChI is InChI=1S/C24H19F2N3O3/c25-19-12-17(32-14-15-4-2-1-3-5-15)11-18(23(19)26)24(31)16-6-7-20-21(10-16)29-22(13-28-20)27-8-9-30/h1-7,10-13,30H,8-9,14H2,(H,27,29). The van der Waals surface area contributed by atoms with Crippen molar-refractivity contribution in [1.29, 1.82) is 0 Å². The van der Waals surface area contributed by atoms with Crippen LogP contribution in [0.3, 0.4) is 0 Å². The van der Waals surface area contributed by atoms with Gasteiger partial charge in [0.15, 0.2) is 17.4 Å². The summed E-state index contributed by atoms with van der Waals surface area (Å²) in [5.41, 5.74) is 1.47. The monoisotopic (exact) mass is 435 g/mol. The summed E-state index contributed by atoms with van der Waals surface area (Å²) in [5, 5.41) is 11.8. The topological polar surface area (TPSA) is 84.3 Å². The number of nitrogens with zero attached hydrogens (tertiary/aromatic N) is 2. The van der Waals surface area contributed by atoms with Crippen molar-refractivity contribution in [2.45, 2.75) is 6.61 Å². The Morgan fingerprint density at radius 1 is 1.03 bits per heavy atom. The zero-order valence-electron chi connectivity index (χ0n) is 16.9. The van der Waals surface area contributed by atoms with Crippen LogP contribution in [-0.2, 0) is 6.61 Å². The van der Waals surface area contributed by atoms with Crippen LogP contribution >= 0.6 is 0 Å². The second-order valence-electron chi connectivity index (χ2n) is 6.98. The third-order valence-corrected chi connectivity index (χ3v) is 4.72. The number of carbonyl (C=O) groups excluding carboxylic acids is 1. The Balaban J connectivity index is 1.62. The minimum Gasteiger partial charge on any atom is -0.489 e. The molecule has 1 heterocycles. The SMILES string of the molecule is O=C(c1ccc2ncc(NCCO)nc2c1)c1cc(OCc2ccccc2)cc(F)c1F. The number of halogens is 2. The van der Waals surface area contributed by atoms with Crippen molar-refractivity contribution in [2.24, 2.45) is 0 Å². The molecule has 8 heteroatoms. The molecule has 0 atom stereocenters. The van der Waals surface area contributed by atoms with Gasteiger partial charge in [-0.1, -0.05) is 30.3 Å². The molecule has 3 aromatic carbocycles. The fraction of sp³-hybridized carbons (Fsp3) is 0.125. The first kappa shape index (κ1) is 21.3. The van der Waals surface area contributed by atoms with Crippen LogP contribution in [0.5, 0.6) is 5.75 Å². The number of aliphatic hydroxyl groups excluding tert-OH is 1. The van der Waals surface area contributed by atoms with E-state index in [0.717, 1.165) is 11.6 Å². The van der Waals surface area contributed by atoms with E-state index in [4.69, 9.17) is 9.84 Å². The minimum absolute atomic E-state index is 0.0483. The number of aliphatic hydroxyl groups is 1. The van der Waals surface area contributed by atoms with Gasteiger partial charge in [0.2, 0.25) is 0 Å². The van der Waals surface area contributed by atoms with Crippen LogP contribution in [0.2, 0.25) is 0 Å². The van der Waals surface area contributed by atoms with Gasteiger partial charge in [0.25, 0.3) is 0 Å². The van der Waals surface area contributed by atoms with Crippen molar-refractivity contribution in [3.63, 3.8) is 0 Å². The summed E-state index contributed by atoms with van der Waals surface area (Å²) in [7, 11) is 0. The number of hydrogen-bond donors (Lipinski definition) is 2. The number of nitrogens with one attached hydrogen (secondary N) is 1. The van der Waals surface area contributed by atoms with Crippen molar-refractivity contribution in [1.82, 2.24) is 9.97 Å². The number of aromatic nitrogens is 2. The molecule has 0 aliphatic carbocycles.